The molecule has 0 bridgehead atoms. The normalized spacial score (nSPS) is 40.2. The summed E-state index contributed by atoms with van der Waals surface area (Å²) >= 11 is 3.67. The van der Waals surface area contributed by atoms with Gasteiger partial charge < -0.3 is 4.74 Å². The Bertz CT molecular complexity index is 238. The average molecular weight is 260 g/mol. The lowest BCUT2D eigenvalue weighted by molar-refractivity contribution is -0.0291. The molecule has 0 aliphatic heterocycles. The van der Waals surface area contributed by atoms with Gasteiger partial charge in [0.1, 0.15) is 0 Å². The minimum Gasteiger partial charge on any atom is -0.377 e. The quantitative estimate of drug-likeness (QED) is 0.715. The predicted molar refractivity (Wildman–Crippen MR) is 60.2 cm³/mol. The van der Waals surface area contributed by atoms with Crippen LogP contribution in [0.15, 0.2) is 0 Å². The van der Waals surface area contributed by atoms with E-state index in [1.54, 1.807) is 7.11 Å². The monoisotopic (exact) mass is 259 g/mol. The second-order valence-corrected chi connectivity index (χ2v) is 5.54. The Morgan fingerprint density at radius 3 is 2.71 bits per heavy atom. The highest BCUT2D eigenvalue weighted by atomic mass is 79.9. The van der Waals surface area contributed by atoms with Crippen molar-refractivity contribution >= 4 is 15.9 Å². The molecule has 1 rings (SSSR count). The van der Waals surface area contributed by atoms with Gasteiger partial charge in [-0.3, -0.25) is 0 Å². The molecule has 0 aromatic heterocycles. The third kappa shape index (κ3) is 2.29. The first-order chi connectivity index (χ1) is 6.53. The standard InChI is InChI=1S/C11H18BrNO/c1-8(7-13)9-4-5-11(2,14-3)10(12)6-9/h8-10H,4-6H2,1-3H3. The molecule has 4 atom stereocenters. The van der Waals surface area contributed by atoms with Crippen LogP contribution >= 0.6 is 15.9 Å². The fourth-order valence-electron chi connectivity index (χ4n) is 2.05. The molecule has 14 heavy (non-hydrogen) atoms. The molecule has 0 spiro atoms. The summed E-state index contributed by atoms with van der Waals surface area (Å²) in [5.41, 5.74) is -0.0499. The van der Waals surface area contributed by atoms with Crippen LogP contribution in [0, 0.1) is 23.2 Å². The molecular formula is C11H18BrNO. The summed E-state index contributed by atoms with van der Waals surface area (Å²) in [7, 11) is 1.77. The summed E-state index contributed by atoms with van der Waals surface area (Å²) in [4.78, 5) is 0.370. The second-order valence-electron chi connectivity index (χ2n) is 4.44. The van der Waals surface area contributed by atoms with Crippen LogP contribution in [0.2, 0.25) is 0 Å². The van der Waals surface area contributed by atoms with E-state index in [1.807, 2.05) is 6.92 Å². The van der Waals surface area contributed by atoms with Crippen molar-refractivity contribution < 1.29 is 4.74 Å². The minimum atomic E-state index is -0.0499. The molecule has 1 saturated carbocycles. The third-order valence-corrected chi connectivity index (χ3v) is 4.90. The molecule has 0 saturated heterocycles. The number of nitrogens with zero attached hydrogens (tertiary/aromatic N) is 1. The van der Waals surface area contributed by atoms with E-state index < -0.39 is 0 Å². The van der Waals surface area contributed by atoms with E-state index in [0.717, 1.165) is 19.3 Å². The van der Waals surface area contributed by atoms with E-state index in [0.29, 0.717) is 10.7 Å². The highest BCUT2D eigenvalue weighted by Gasteiger charge is 2.40. The maximum atomic E-state index is 8.86. The second kappa shape index (κ2) is 4.63. The molecule has 0 radical (unpaired) electrons. The van der Waals surface area contributed by atoms with Gasteiger partial charge in [0.15, 0.2) is 0 Å². The topological polar surface area (TPSA) is 33.0 Å². The van der Waals surface area contributed by atoms with Crippen molar-refractivity contribution in [2.45, 2.75) is 43.5 Å². The summed E-state index contributed by atoms with van der Waals surface area (Å²) in [5, 5.41) is 8.86. The van der Waals surface area contributed by atoms with E-state index in [9.17, 15) is 0 Å². The lowest BCUT2D eigenvalue weighted by atomic mass is 9.75. The number of rotatable bonds is 2. The number of ether oxygens (including phenoxy) is 1. The first kappa shape index (κ1) is 12.0. The Morgan fingerprint density at radius 2 is 2.29 bits per heavy atom. The largest absolute Gasteiger partial charge is 0.377 e. The molecule has 1 fully saturated rings. The van der Waals surface area contributed by atoms with Crippen LogP contribution in [0.25, 0.3) is 0 Å². The van der Waals surface area contributed by atoms with Gasteiger partial charge in [0.05, 0.1) is 11.7 Å². The Morgan fingerprint density at radius 1 is 1.64 bits per heavy atom. The van der Waals surface area contributed by atoms with Crippen molar-refractivity contribution in [2.75, 3.05) is 7.11 Å². The van der Waals surface area contributed by atoms with Crippen molar-refractivity contribution in [3.63, 3.8) is 0 Å². The first-order valence-corrected chi connectivity index (χ1v) is 6.04. The molecular weight excluding hydrogens is 242 g/mol. The molecule has 0 N–H and O–H groups in total. The molecule has 0 amide bonds. The molecule has 3 heteroatoms. The number of halogens is 1. The van der Waals surface area contributed by atoms with Crippen LogP contribution < -0.4 is 0 Å². The number of hydrogen-bond acceptors (Lipinski definition) is 2. The number of nitriles is 1. The van der Waals surface area contributed by atoms with Gasteiger partial charge in [0.25, 0.3) is 0 Å². The van der Waals surface area contributed by atoms with Gasteiger partial charge in [-0.25, -0.2) is 0 Å². The number of alkyl halides is 1. The SMILES string of the molecule is COC1(C)CCC(C(C)C#N)CC1Br. The van der Waals surface area contributed by atoms with Gasteiger partial charge in [0.2, 0.25) is 0 Å². The summed E-state index contributed by atoms with van der Waals surface area (Å²) in [6.07, 6.45) is 3.18. The number of methoxy groups -OCH3 is 1. The Balaban J connectivity index is 2.60. The van der Waals surface area contributed by atoms with E-state index >= 15 is 0 Å². The molecule has 0 aromatic rings. The maximum Gasteiger partial charge on any atom is 0.0775 e. The van der Waals surface area contributed by atoms with E-state index in [-0.39, 0.29) is 11.5 Å². The van der Waals surface area contributed by atoms with Gasteiger partial charge in [-0.1, -0.05) is 15.9 Å². The zero-order valence-corrected chi connectivity index (χ0v) is 10.7. The molecule has 0 heterocycles. The molecule has 0 aromatic carbocycles. The van der Waals surface area contributed by atoms with Crippen LogP contribution in [0.1, 0.15) is 33.1 Å². The molecule has 80 valence electrons. The van der Waals surface area contributed by atoms with E-state index in [4.69, 9.17) is 10.00 Å². The third-order valence-electron chi connectivity index (χ3n) is 3.56. The first-order valence-electron chi connectivity index (χ1n) is 5.12. The van der Waals surface area contributed by atoms with Gasteiger partial charge in [-0.05, 0) is 39.0 Å². The van der Waals surface area contributed by atoms with Gasteiger partial charge >= 0.3 is 0 Å². The van der Waals surface area contributed by atoms with Crippen LogP contribution in [-0.2, 0) is 4.74 Å². The number of hydrogen-bond donors (Lipinski definition) is 0. The van der Waals surface area contributed by atoms with Crippen molar-refractivity contribution in [3.8, 4) is 6.07 Å². The van der Waals surface area contributed by atoms with Gasteiger partial charge in [-0.15, -0.1) is 0 Å². The van der Waals surface area contributed by atoms with Crippen molar-refractivity contribution in [3.05, 3.63) is 0 Å². The van der Waals surface area contributed by atoms with Crippen LogP contribution in [0.4, 0.5) is 0 Å². The highest BCUT2D eigenvalue weighted by Crippen LogP contribution is 2.41. The summed E-state index contributed by atoms with van der Waals surface area (Å²) in [5.74, 6) is 0.684. The fraction of sp³-hybridized carbons (Fsp3) is 0.909. The zero-order chi connectivity index (χ0) is 10.8. The van der Waals surface area contributed by atoms with Gasteiger partial charge in [0, 0.05) is 17.9 Å². The lowest BCUT2D eigenvalue weighted by Gasteiger charge is -2.41. The van der Waals surface area contributed by atoms with E-state index in [1.165, 1.54) is 0 Å². The maximum absolute atomic E-state index is 8.86. The van der Waals surface area contributed by atoms with Crippen molar-refractivity contribution in [1.29, 1.82) is 5.26 Å². The van der Waals surface area contributed by atoms with Crippen LogP contribution in [0.3, 0.4) is 0 Å². The zero-order valence-electron chi connectivity index (χ0n) is 9.09. The summed E-state index contributed by atoms with van der Waals surface area (Å²) in [6.45, 7) is 4.15. The highest BCUT2D eigenvalue weighted by molar-refractivity contribution is 9.09. The van der Waals surface area contributed by atoms with Gasteiger partial charge in [-0.2, -0.15) is 5.26 Å². The molecule has 1 aliphatic rings. The van der Waals surface area contributed by atoms with Crippen molar-refractivity contribution in [1.82, 2.24) is 0 Å². The average Bonchev–Trinajstić information content (AvgIpc) is 2.21. The molecule has 2 nitrogen and oxygen atoms in total. The van der Waals surface area contributed by atoms with E-state index in [2.05, 4.69) is 28.9 Å². The van der Waals surface area contributed by atoms with Crippen LogP contribution in [-0.4, -0.2) is 17.5 Å². The lowest BCUT2D eigenvalue weighted by Crippen LogP contribution is -2.43. The Labute approximate surface area is 94.8 Å². The summed E-state index contributed by atoms with van der Waals surface area (Å²) in [6, 6.07) is 2.34. The molecule has 4 unspecified atom stereocenters. The molecule has 1 aliphatic carbocycles. The van der Waals surface area contributed by atoms with Crippen LogP contribution in [0.5, 0.6) is 0 Å². The predicted octanol–water partition coefficient (Wildman–Crippen LogP) is 3.11. The Hall–Kier alpha value is -0.0700. The van der Waals surface area contributed by atoms with Crippen molar-refractivity contribution in [2.24, 2.45) is 11.8 Å². The fourth-order valence-corrected chi connectivity index (χ4v) is 2.95. The summed E-state index contributed by atoms with van der Waals surface area (Å²) < 4.78 is 5.52. The smallest absolute Gasteiger partial charge is 0.0775 e. The Kier molecular flexibility index (Phi) is 3.97. The minimum absolute atomic E-state index is 0.0499.